The predicted octanol–water partition coefficient (Wildman–Crippen LogP) is 6.95. The van der Waals surface area contributed by atoms with Gasteiger partial charge in [-0.25, -0.2) is 0 Å². The highest BCUT2D eigenvalue weighted by molar-refractivity contribution is 6.15. The first-order chi connectivity index (χ1) is 13.2. The molecule has 0 amide bonds. The van der Waals surface area contributed by atoms with E-state index in [-0.39, 0.29) is 0 Å². The van der Waals surface area contributed by atoms with Crippen molar-refractivity contribution in [3.63, 3.8) is 0 Å². The molecule has 0 saturated heterocycles. The minimum absolute atomic E-state index is 1.18. The third-order valence-electron chi connectivity index (χ3n) is 7.26. The highest BCUT2D eigenvalue weighted by atomic mass is 15.0. The Morgan fingerprint density at radius 2 is 1.00 bits per heavy atom. The van der Waals surface area contributed by atoms with E-state index in [0.29, 0.717) is 0 Å². The largest absolute Gasteiger partial charge is 0.307 e. The second kappa shape index (κ2) is 6.20. The van der Waals surface area contributed by atoms with Gasteiger partial charge in [0.1, 0.15) is 0 Å². The van der Waals surface area contributed by atoms with Crippen LogP contribution in [0, 0.1) is 62.3 Å². The highest BCUT2D eigenvalue weighted by Crippen LogP contribution is 2.43. The van der Waals surface area contributed by atoms with Gasteiger partial charge in [-0.2, -0.15) is 0 Å². The lowest BCUT2D eigenvalue weighted by Crippen LogP contribution is -2.03. The smallest absolute Gasteiger partial charge is 0.0674 e. The molecule has 0 N–H and O–H groups in total. The van der Waals surface area contributed by atoms with E-state index in [1.165, 1.54) is 77.6 Å². The summed E-state index contributed by atoms with van der Waals surface area (Å²) in [5.74, 6) is 0. The quantitative estimate of drug-likeness (QED) is 0.354. The number of benzene rings is 2. The van der Waals surface area contributed by atoms with Gasteiger partial charge in [0.05, 0.1) is 22.9 Å². The van der Waals surface area contributed by atoms with E-state index in [4.69, 9.17) is 0 Å². The molecule has 2 aromatic heterocycles. The first kappa shape index (κ1) is 18.7. The SMILES string of the molecule is Cc1ccncc1-n1c2c(C)c(C)c(C)c(C)c2c2c(C)c(C)c(C)c(C)c21. The average molecular weight is 371 g/mol. The van der Waals surface area contributed by atoms with Gasteiger partial charge in [-0.3, -0.25) is 4.98 Å². The lowest BCUT2D eigenvalue weighted by atomic mass is 9.90. The molecule has 0 saturated carbocycles. The van der Waals surface area contributed by atoms with Crippen LogP contribution in [0.15, 0.2) is 18.5 Å². The van der Waals surface area contributed by atoms with Crippen LogP contribution in [0.5, 0.6) is 0 Å². The zero-order valence-corrected chi connectivity index (χ0v) is 18.6. The molecule has 2 heteroatoms. The standard InChI is InChI=1S/C26H30N2/c1-13-10-11-27-12-22(13)28-25-20(8)16(4)14(2)18(6)23(25)24-19(7)15(3)17(5)21(9)26(24)28/h10-12H,1-9H3. The van der Waals surface area contributed by atoms with Gasteiger partial charge in [0.25, 0.3) is 0 Å². The fourth-order valence-corrected chi connectivity index (χ4v) is 4.80. The Kier molecular flexibility index (Phi) is 4.15. The molecule has 4 rings (SSSR count). The number of aryl methyl sites for hydroxylation is 5. The van der Waals surface area contributed by atoms with Gasteiger partial charge >= 0.3 is 0 Å². The lowest BCUT2D eigenvalue weighted by molar-refractivity contribution is 1.08. The van der Waals surface area contributed by atoms with E-state index in [0.717, 1.165) is 0 Å². The van der Waals surface area contributed by atoms with Crippen LogP contribution < -0.4 is 0 Å². The van der Waals surface area contributed by atoms with Crippen molar-refractivity contribution in [2.75, 3.05) is 0 Å². The van der Waals surface area contributed by atoms with Gasteiger partial charge in [0.15, 0.2) is 0 Å². The van der Waals surface area contributed by atoms with Crippen molar-refractivity contribution in [3.05, 3.63) is 68.5 Å². The maximum atomic E-state index is 4.48. The summed E-state index contributed by atoms with van der Waals surface area (Å²) >= 11 is 0. The Balaban J connectivity index is 2.47. The first-order valence-electron chi connectivity index (χ1n) is 10.1. The van der Waals surface area contributed by atoms with Crippen molar-refractivity contribution in [2.24, 2.45) is 0 Å². The van der Waals surface area contributed by atoms with Crippen LogP contribution >= 0.6 is 0 Å². The molecule has 0 spiro atoms. The number of hydrogen-bond acceptors (Lipinski definition) is 1. The van der Waals surface area contributed by atoms with Crippen molar-refractivity contribution in [2.45, 2.75) is 62.3 Å². The van der Waals surface area contributed by atoms with Gasteiger partial charge in [0, 0.05) is 17.0 Å². The van der Waals surface area contributed by atoms with Crippen LogP contribution in [0.4, 0.5) is 0 Å². The molecule has 0 aliphatic carbocycles. The molecule has 2 aromatic carbocycles. The molecule has 2 heterocycles. The van der Waals surface area contributed by atoms with Crippen LogP contribution in [0.2, 0.25) is 0 Å². The van der Waals surface area contributed by atoms with Gasteiger partial charge in [-0.1, -0.05) is 0 Å². The van der Waals surface area contributed by atoms with Crippen LogP contribution in [0.1, 0.15) is 50.1 Å². The minimum atomic E-state index is 1.18. The summed E-state index contributed by atoms with van der Waals surface area (Å²) in [5, 5.41) is 2.81. The fourth-order valence-electron chi connectivity index (χ4n) is 4.80. The number of fused-ring (bicyclic) bond motifs is 3. The molecule has 0 aliphatic heterocycles. The molecule has 2 nitrogen and oxygen atoms in total. The van der Waals surface area contributed by atoms with Crippen LogP contribution in [-0.4, -0.2) is 9.55 Å². The molecule has 0 bridgehead atoms. The third-order valence-corrected chi connectivity index (χ3v) is 7.26. The van der Waals surface area contributed by atoms with Crippen molar-refractivity contribution < 1.29 is 0 Å². The van der Waals surface area contributed by atoms with E-state index in [9.17, 15) is 0 Å². The molecule has 28 heavy (non-hydrogen) atoms. The van der Waals surface area contributed by atoms with E-state index in [1.54, 1.807) is 0 Å². The van der Waals surface area contributed by atoms with Crippen molar-refractivity contribution in [3.8, 4) is 5.69 Å². The van der Waals surface area contributed by atoms with Crippen molar-refractivity contribution in [1.29, 1.82) is 0 Å². The Bertz CT molecular complexity index is 1210. The number of pyridine rings is 1. The molecule has 0 radical (unpaired) electrons. The van der Waals surface area contributed by atoms with E-state index >= 15 is 0 Å². The summed E-state index contributed by atoms with van der Waals surface area (Å²) in [6.45, 7) is 20.3. The first-order valence-corrected chi connectivity index (χ1v) is 10.1. The number of aromatic nitrogens is 2. The molecule has 144 valence electrons. The molecular formula is C26H30N2. The van der Waals surface area contributed by atoms with Crippen LogP contribution in [0.3, 0.4) is 0 Å². The van der Waals surface area contributed by atoms with Crippen molar-refractivity contribution in [1.82, 2.24) is 9.55 Å². The summed E-state index contributed by atoms with van der Waals surface area (Å²) < 4.78 is 2.48. The molecular weight excluding hydrogens is 340 g/mol. The Morgan fingerprint density at radius 1 is 0.571 bits per heavy atom. The topological polar surface area (TPSA) is 17.8 Å². The maximum absolute atomic E-state index is 4.48. The number of hydrogen-bond donors (Lipinski definition) is 0. The van der Waals surface area contributed by atoms with Gasteiger partial charge in [-0.15, -0.1) is 0 Å². The normalized spacial score (nSPS) is 11.8. The maximum Gasteiger partial charge on any atom is 0.0674 e. The fraction of sp³-hybridized carbons (Fsp3) is 0.346. The number of nitrogens with zero attached hydrogens (tertiary/aromatic N) is 2. The zero-order chi connectivity index (χ0) is 20.5. The molecule has 0 aliphatic rings. The highest BCUT2D eigenvalue weighted by Gasteiger charge is 2.24. The van der Waals surface area contributed by atoms with Crippen LogP contribution in [0.25, 0.3) is 27.5 Å². The van der Waals surface area contributed by atoms with E-state index in [2.05, 4.69) is 77.9 Å². The third kappa shape index (κ3) is 2.24. The molecule has 0 unspecified atom stereocenters. The summed E-state index contributed by atoms with van der Waals surface area (Å²) in [7, 11) is 0. The Morgan fingerprint density at radius 3 is 1.43 bits per heavy atom. The molecule has 0 fully saturated rings. The lowest BCUT2D eigenvalue weighted by Gasteiger charge is -2.17. The summed E-state index contributed by atoms with van der Waals surface area (Å²) in [4.78, 5) is 4.48. The number of rotatable bonds is 1. The van der Waals surface area contributed by atoms with E-state index < -0.39 is 0 Å². The summed E-state index contributed by atoms with van der Waals surface area (Å²) in [5.41, 5.74) is 16.2. The second-order valence-corrected chi connectivity index (χ2v) is 8.44. The van der Waals surface area contributed by atoms with Crippen molar-refractivity contribution >= 4 is 21.8 Å². The summed E-state index contributed by atoms with van der Waals surface area (Å²) in [6, 6.07) is 2.11. The predicted molar refractivity (Wildman–Crippen MR) is 121 cm³/mol. The van der Waals surface area contributed by atoms with Crippen LogP contribution in [-0.2, 0) is 0 Å². The molecule has 4 aromatic rings. The van der Waals surface area contributed by atoms with Gasteiger partial charge < -0.3 is 4.57 Å². The summed E-state index contributed by atoms with van der Waals surface area (Å²) in [6.07, 6.45) is 3.90. The Labute approximate surface area is 168 Å². The average Bonchev–Trinajstić information content (AvgIpc) is 3.04. The molecule has 0 atom stereocenters. The van der Waals surface area contributed by atoms with E-state index in [1.807, 2.05) is 12.4 Å². The Hall–Kier alpha value is -2.61. The monoisotopic (exact) mass is 370 g/mol. The zero-order valence-electron chi connectivity index (χ0n) is 18.6. The van der Waals surface area contributed by atoms with Gasteiger partial charge in [-0.05, 0) is 118 Å². The van der Waals surface area contributed by atoms with Gasteiger partial charge in [0.2, 0.25) is 0 Å². The second-order valence-electron chi connectivity index (χ2n) is 8.44. The minimum Gasteiger partial charge on any atom is -0.307 e.